The number of benzene rings is 1. The average Bonchev–Trinajstić information content (AvgIpc) is 3.37. The highest BCUT2D eigenvalue weighted by Crippen LogP contribution is 2.31. The molecule has 34 heavy (non-hydrogen) atoms. The zero-order chi connectivity index (χ0) is 24.0. The van der Waals surface area contributed by atoms with E-state index in [0.29, 0.717) is 29.9 Å². The lowest BCUT2D eigenvalue weighted by Gasteiger charge is -2.43. The highest BCUT2D eigenvalue weighted by Gasteiger charge is 2.37. The molecule has 182 valence electrons. The van der Waals surface area contributed by atoms with Crippen molar-refractivity contribution in [3.05, 3.63) is 45.7 Å². The summed E-state index contributed by atoms with van der Waals surface area (Å²) in [7, 11) is 0. The minimum absolute atomic E-state index is 0.0390. The van der Waals surface area contributed by atoms with Crippen LogP contribution in [0.2, 0.25) is 0 Å². The Bertz CT molecular complexity index is 1060. The standard InChI is InChI=1S/C25H31N3O6/c1-15-18(4-5-19-20(15)13-33-24(19)31)22(29)12-26-10-6-17(7-11-26)27-8-3-9-28(25(27)32)21-14-34-23(30)16(21)2/h4-5,17,22,29H,3,6-14H2,1-2H3/t22-/m0/s1. The number of hydrogen-bond donors (Lipinski definition) is 1. The minimum Gasteiger partial charge on any atom is -0.457 e. The molecule has 4 heterocycles. The first-order chi connectivity index (χ1) is 16.3. The van der Waals surface area contributed by atoms with Crippen molar-refractivity contribution in [3.63, 3.8) is 0 Å². The summed E-state index contributed by atoms with van der Waals surface area (Å²) in [5, 5.41) is 10.9. The van der Waals surface area contributed by atoms with Crippen LogP contribution in [0.4, 0.5) is 4.79 Å². The third kappa shape index (κ3) is 3.96. The van der Waals surface area contributed by atoms with E-state index in [1.807, 2.05) is 17.9 Å². The lowest BCUT2D eigenvalue weighted by atomic mass is 9.94. The Labute approximate surface area is 198 Å². The van der Waals surface area contributed by atoms with E-state index in [4.69, 9.17) is 9.47 Å². The Morgan fingerprint density at radius 2 is 1.74 bits per heavy atom. The van der Waals surface area contributed by atoms with Crippen LogP contribution in [0.15, 0.2) is 23.4 Å². The molecule has 2 amide bonds. The Balaban J connectivity index is 1.19. The first-order valence-corrected chi connectivity index (χ1v) is 12.0. The van der Waals surface area contributed by atoms with Gasteiger partial charge in [0.2, 0.25) is 0 Å². The van der Waals surface area contributed by atoms with Gasteiger partial charge in [-0.2, -0.15) is 0 Å². The Hall–Kier alpha value is -2.91. The third-order valence-electron chi connectivity index (χ3n) is 7.66. The van der Waals surface area contributed by atoms with Crippen LogP contribution in [0.3, 0.4) is 0 Å². The van der Waals surface area contributed by atoms with Gasteiger partial charge in [-0.25, -0.2) is 14.4 Å². The second-order valence-corrected chi connectivity index (χ2v) is 9.56. The first kappa shape index (κ1) is 22.9. The molecule has 9 nitrogen and oxygen atoms in total. The fourth-order valence-corrected chi connectivity index (χ4v) is 5.57. The van der Waals surface area contributed by atoms with Crippen molar-refractivity contribution in [2.45, 2.75) is 51.9 Å². The zero-order valence-electron chi connectivity index (χ0n) is 19.7. The molecule has 2 saturated heterocycles. The maximum atomic E-state index is 13.2. The van der Waals surface area contributed by atoms with Crippen LogP contribution in [0.25, 0.3) is 0 Å². The van der Waals surface area contributed by atoms with E-state index in [9.17, 15) is 19.5 Å². The third-order valence-corrected chi connectivity index (χ3v) is 7.66. The molecule has 4 aliphatic heterocycles. The number of amides is 2. The van der Waals surface area contributed by atoms with E-state index in [0.717, 1.165) is 55.6 Å². The van der Waals surface area contributed by atoms with E-state index < -0.39 is 6.10 Å². The van der Waals surface area contributed by atoms with Crippen LogP contribution >= 0.6 is 0 Å². The van der Waals surface area contributed by atoms with Gasteiger partial charge in [-0.3, -0.25) is 4.90 Å². The largest absolute Gasteiger partial charge is 0.457 e. The SMILES string of the molecule is CC1=C(N2CCCN(C3CCN(C[C@H](O)c4ccc5c(c4C)COC5=O)CC3)C2=O)COC1=O. The number of carbonyl (C=O) groups is 3. The highest BCUT2D eigenvalue weighted by atomic mass is 16.5. The molecular weight excluding hydrogens is 438 g/mol. The van der Waals surface area contributed by atoms with Crippen molar-refractivity contribution >= 4 is 18.0 Å². The topological polar surface area (TPSA) is 99.6 Å². The van der Waals surface area contributed by atoms with Gasteiger partial charge in [0, 0.05) is 44.3 Å². The van der Waals surface area contributed by atoms with E-state index in [2.05, 4.69) is 4.90 Å². The van der Waals surface area contributed by atoms with Crippen molar-refractivity contribution in [2.75, 3.05) is 39.3 Å². The summed E-state index contributed by atoms with van der Waals surface area (Å²) in [6.45, 7) is 7.51. The van der Waals surface area contributed by atoms with E-state index in [1.54, 1.807) is 17.9 Å². The molecule has 0 unspecified atom stereocenters. The highest BCUT2D eigenvalue weighted by molar-refractivity contribution is 5.94. The van der Waals surface area contributed by atoms with E-state index in [1.165, 1.54) is 0 Å². The maximum Gasteiger partial charge on any atom is 0.338 e. The van der Waals surface area contributed by atoms with Crippen molar-refractivity contribution in [1.29, 1.82) is 0 Å². The summed E-state index contributed by atoms with van der Waals surface area (Å²) < 4.78 is 10.2. The molecule has 0 spiro atoms. The number of urea groups is 1. The van der Waals surface area contributed by atoms with Crippen LogP contribution in [0.5, 0.6) is 0 Å². The summed E-state index contributed by atoms with van der Waals surface area (Å²) >= 11 is 0. The number of aliphatic hydroxyl groups is 1. The van der Waals surface area contributed by atoms with Crippen molar-refractivity contribution in [2.24, 2.45) is 0 Å². The quantitative estimate of drug-likeness (QED) is 0.660. The van der Waals surface area contributed by atoms with Gasteiger partial charge in [0.05, 0.1) is 22.9 Å². The number of likely N-dealkylation sites (tertiary alicyclic amines) is 1. The number of aliphatic hydroxyl groups excluding tert-OH is 1. The van der Waals surface area contributed by atoms with Crippen LogP contribution in [0.1, 0.15) is 59.3 Å². The molecule has 0 radical (unpaired) electrons. The molecule has 1 aromatic rings. The predicted octanol–water partition coefficient (Wildman–Crippen LogP) is 2.12. The Morgan fingerprint density at radius 3 is 2.44 bits per heavy atom. The van der Waals surface area contributed by atoms with Crippen molar-refractivity contribution < 1.29 is 29.0 Å². The molecule has 5 rings (SSSR count). The van der Waals surface area contributed by atoms with E-state index >= 15 is 0 Å². The zero-order valence-corrected chi connectivity index (χ0v) is 19.7. The molecule has 1 aromatic carbocycles. The molecule has 2 fully saturated rings. The van der Waals surface area contributed by atoms with Crippen molar-refractivity contribution in [1.82, 2.24) is 14.7 Å². The van der Waals surface area contributed by atoms with Crippen LogP contribution < -0.4 is 0 Å². The minimum atomic E-state index is -0.653. The maximum absolute atomic E-state index is 13.2. The summed E-state index contributed by atoms with van der Waals surface area (Å²) in [4.78, 5) is 42.7. The molecule has 1 atom stereocenters. The average molecular weight is 470 g/mol. The van der Waals surface area contributed by atoms with Gasteiger partial charge in [-0.15, -0.1) is 0 Å². The smallest absolute Gasteiger partial charge is 0.338 e. The van der Waals surface area contributed by atoms with Gasteiger partial charge < -0.3 is 24.4 Å². The van der Waals surface area contributed by atoms with E-state index in [-0.39, 0.29) is 37.2 Å². The number of β-amino-alcohol motifs (C(OH)–C–C–N with tert-alkyl or cyclic N) is 1. The predicted molar refractivity (Wildman–Crippen MR) is 122 cm³/mol. The number of carbonyl (C=O) groups excluding carboxylic acids is 3. The first-order valence-electron chi connectivity index (χ1n) is 12.0. The number of rotatable bonds is 5. The van der Waals surface area contributed by atoms with Gasteiger partial charge in [0.15, 0.2) is 0 Å². The number of nitrogens with zero attached hydrogens (tertiary/aromatic N) is 3. The molecule has 4 aliphatic rings. The van der Waals surface area contributed by atoms with Crippen LogP contribution in [-0.2, 0) is 20.9 Å². The monoisotopic (exact) mass is 469 g/mol. The lowest BCUT2D eigenvalue weighted by Crippen LogP contribution is -2.55. The molecule has 0 aromatic heterocycles. The van der Waals surface area contributed by atoms with Gasteiger partial charge in [0.25, 0.3) is 0 Å². The number of ether oxygens (including phenoxy) is 2. The number of fused-ring (bicyclic) bond motifs is 1. The Kier molecular flexibility index (Phi) is 6.07. The van der Waals surface area contributed by atoms with Crippen LogP contribution in [0, 0.1) is 6.92 Å². The molecule has 9 heteroatoms. The van der Waals surface area contributed by atoms with Gasteiger partial charge >= 0.3 is 18.0 Å². The Morgan fingerprint density at radius 1 is 1.00 bits per heavy atom. The molecule has 0 saturated carbocycles. The van der Waals surface area contributed by atoms with Gasteiger partial charge in [0.1, 0.15) is 13.2 Å². The molecule has 0 aliphatic carbocycles. The second-order valence-electron chi connectivity index (χ2n) is 9.56. The fraction of sp³-hybridized carbons (Fsp3) is 0.560. The summed E-state index contributed by atoms with van der Waals surface area (Å²) in [5.41, 5.74) is 4.43. The number of cyclic esters (lactones) is 2. The summed E-state index contributed by atoms with van der Waals surface area (Å²) in [6.07, 6.45) is 1.88. The molecular formula is C25H31N3O6. The van der Waals surface area contributed by atoms with Crippen molar-refractivity contribution in [3.8, 4) is 0 Å². The van der Waals surface area contributed by atoms with Gasteiger partial charge in [-0.1, -0.05) is 6.07 Å². The normalized spacial score (nSPS) is 22.9. The number of esters is 2. The van der Waals surface area contributed by atoms with Gasteiger partial charge in [-0.05, 0) is 50.3 Å². The second kappa shape index (κ2) is 9.03. The number of hydrogen-bond acceptors (Lipinski definition) is 7. The molecule has 1 N–H and O–H groups in total. The number of piperidine rings is 1. The summed E-state index contributed by atoms with van der Waals surface area (Å²) in [5.74, 6) is -0.643. The summed E-state index contributed by atoms with van der Waals surface area (Å²) in [6, 6.07) is 3.68. The fourth-order valence-electron chi connectivity index (χ4n) is 5.57. The van der Waals surface area contributed by atoms with Crippen LogP contribution in [-0.4, -0.2) is 83.1 Å². The molecule has 0 bridgehead atoms. The lowest BCUT2D eigenvalue weighted by molar-refractivity contribution is -0.136.